The predicted octanol–water partition coefficient (Wildman–Crippen LogP) is 2.20. The van der Waals surface area contributed by atoms with Crippen molar-refractivity contribution in [2.75, 3.05) is 44.2 Å². The Kier molecular flexibility index (Phi) is 5.77. The van der Waals surface area contributed by atoms with Gasteiger partial charge in [0.15, 0.2) is 0 Å². The lowest BCUT2D eigenvalue weighted by atomic mass is 10.2. The summed E-state index contributed by atoms with van der Waals surface area (Å²) >= 11 is 0. The minimum atomic E-state index is -0.208. The normalized spacial score (nSPS) is 17.4. The lowest BCUT2D eigenvalue weighted by molar-refractivity contribution is -0.136. The highest BCUT2D eigenvalue weighted by Crippen LogP contribution is 2.18. The van der Waals surface area contributed by atoms with Crippen molar-refractivity contribution >= 4 is 11.6 Å². The van der Waals surface area contributed by atoms with Gasteiger partial charge in [-0.15, -0.1) is 0 Å². The van der Waals surface area contributed by atoms with Gasteiger partial charge in [0.05, 0.1) is 6.04 Å². The standard InChI is InChI=1S/C17H26FN3O/c1-4-19(5-2)17(22)14(3)20-10-12-21(13-11-20)16-8-6-15(18)7-9-16/h6-9,14H,4-5,10-13H2,1-3H3. The molecule has 1 aliphatic heterocycles. The monoisotopic (exact) mass is 307 g/mol. The van der Waals surface area contributed by atoms with E-state index in [4.69, 9.17) is 0 Å². The van der Waals surface area contributed by atoms with Gasteiger partial charge in [-0.3, -0.25) is 9.69 Å². The van der Waals surface area contributed by atoms with Crippen molar-refractivity contribution in [2.24, 2.45) is 0 Å². The van der Waals surface area contributed by atoms with Crippen molar-refractivity contribution in [2.45, 2.75) is 26.8 Å². The highest BCUT2D eigenvalue weighted by Gasteiger charge is 2.27. The summed E-state index contributed by atoms with van der Waals surface area (Å²) < 4.78 is 13.0. The topological polar surface area (TPSA) is 26.8 Å². The first-order valence-corrected chi connectivity index (χ1v) is 8.10. The third-order valence-corrected chi connectivity index (χ3v) is 4.49. The van der Waals surface area contributed by atoms with E-state index in [0.717, 1.165) is 45.0 Å². The Labute approximate surface area is 132 Å². The third-order valence-electron chi connectivity index (χ3n) is 4.49. The molecule has 0 aromatic heterocycles. The van der Waals surface area contributed by atoms with Crippen LogP contribution in [0.25, 0.3) is 0 Å². The van der Waals surface area contributed by atoms with Crippen molar-refractivity contribution in [1.29, 1.82) is 0 Å². The van der Waals surface area contributed by atoms with Crippen LogP contribution in [0.1, 0.15) is 20.8 Å². The minimum absolute atomic E-state index is 0.0738. The molecule has 0 N–H and O–H groups in total. The Balaban J connectivity index is 1.91. The zero-order valence-electron chi connectivity index (χ0n) is 13.8. The van der Waals surface area contributed by atoms with Crippen LogP contribution in [0.3, 0.4) is 0 Å². The molecule has 0 spiro atoms. The number of anilines is 1. The number of carbonyl (C=O) groups excluding carboxylic acids is 1. The predicted molar refractivity (Wildman–Crippen MR) is 87.6 cm³/mol. The van der Waals surface area contributed by atoms with Gasteiger partial charge in [-0.1, -0.05) is 0 Å². The Hall–Kier alpha value is -1.62. The molecule has 0 aliphatic carbocycles. The van der Waals surface area contributed by atoms with Crippen molar-refractivity contribution in [1.82, 2.24) is 9.80 Å². The molecule has 1 heterocycles. The lowest BCUT2D eigenvalue weighted by Gasteiger charge is -2.39. The molecule has 1 atom stereocenters. The zero-order chi connectivity index (χ0) is 16.1. The molecule has 0 saturated carbocycles. The van der Waals surface area contributed by atoms with Gasteiger partial charge < -0.3 is 9.80 Å². The molecule has 1 aromatic rings. The molecular formula is C17H26FN3O. The second-order valence-corrected chi connectivity index (χ2v) is 5.69. The maximum Gasteiger partial charge on any atom is 0.239 e. The molecule has 5 heteroatoms. The molecule has 1 aliphatic rings. The van der Waals surface area contributed by atoms with E-state index in [2.05, 4.69) is 9.80 Å². The number of amides is 1. The molecule has 1 aromatic carbocycles. The molecule has 1 amide bonds. The van der Waals surface area contributed by atoms with Crippen molar-refractivity contribution in [3.05, 3.63) is 30.1 Å². The fraction of sp³-hybridized carbons (Fsp3) is 0.588. The number of hydrogen-bond acceptors (Lipinski definition) is 3. The molecule has 0 bridgehead atoms. The molecule has 122 valence electrons. The third kappa shape index (κ3) is 3.77. The van der Waals surface area contributed by atoms with Crippen LogP contribution in [-0.4, -0.2) is 61.0 Å². The molecular weight excluding hydrogens is 281 g/mol. The van der Waals surface area contributed by atoms with E-state index in [0.29, 0.717) is 0 Å². The van der Waals surface area contributed by atoms with Gasteiger partial charge in [-0.05, 0) is 45.0 Å². The van der Waals surface area contributed by atoms with E-state index >= 15 is 0 Å². The number of halogens is 1. The van der Waals surface area contributed by atoms with Gasteiger partial charge in [0.2, 0.25) is 5.91 Å². The fourth-order valence-corrected chi connectivity index (χ4v) is 2.98. The number of benzene rings is 1. The van der Waals surface area contributed by atoms with Gasteiger partial charge in [0.25, 0.3) is 0 Å². The smallest absolute Gasteiger partial charge is 0.239 e. The van der Waals surface area contributed by atoms with Crippen LogP contribution in [0.15, 0.2) is 24.3 Å². The van der Waals surface area contributed by atoms with Gasteiger partial charge >= 0.3 is 0 Å². The summed E-state index contributed by atoms with van der Waals surface area (Å²) in [5, 5.41) is 0. The second kappa shape index (κ2) is 7.58. The molecule has 1 unspecified atom stereocenters. The first-order chi connectivity index (χ1) is 10.6. The van der Waals surface area contributed by atoms with Crippen LogP contribution >= 0.6 is 0 Å². The number of likely N-dealkylation sites (N-methyl/N-ethyl adjacent to an activating group) is 1. The first kappa shape index (κ1) is 16.7. The van der Waals surface area contributed by atoms with Crippen LogP contribution in [0.2, 0.25) is 0 Å². The van der Waals surface area contributed by atoms with Crippen LogP contribution in [-0.2, 0) is 4.79 Å². The summed E-state index contributed by atoms with van der Waals surface area (Å²) in [4.78, 5) is 18.8. The first-order valence-electron chi connectivity index (χ1n) is 8.10. The van der Waals surface area contributed by atoms with Gasteiger partial charge in [-0.25, -0.2) is 4.39 Å². The molecule has 1 saturated heterocycles. The van der Waals surface area contributed by atoms with Crippen LogP contribution in [0.4, 0.5) is 10.1 Å². The van der Waals surface area contributed by atoms with Gasteiger partial charge in [0, 0.05) is 45.0 Å². The summed E-state index contributed by atoms with van der Waals surface area (Å²) in [7, 11) is 0. The summed E-state index contributed by atoms with van der Waals surface area (Å²) in [5.41, 5.74) is 1.05. The molecule has 1 fully saturated rings. The second-order valence-electron chi connectivity index (χ2n) is 5.69. The van der Waals surface area contributed by atoms with Crippen molar-refractivity contribution in [3.8, 4) is 0 Å². The van der Waals surface area contributed by atoms with E-state index in [1.54, 1.807) is 0 Å². The molecule has 2 rings (SSSR count). The number of carbonyl (C=O) groups is 1. The minimum Gasteiger partial charge on any atom is -0.369 e. The van der Waals surface area contributed by atoms with Crippen molar-refractivity contribution in [3.63, 3.8) is 0 Å². The Morgan fingerprint density at radius 1 is 1.14 bits per heavy atom. The summed E-state index contributed by atoms with van der Waals surface area (Å²) in [6, 6.07) is 6.54. The van der Waals surface area contributed by atoms with Crippen molar-refractivity contribution < 1.29 is 9.18 Å². The van der Waals surface area contributed by atoms with E-state index in [9.17, 15) is 9.18 Å². The van der Waals surface area contributed by atoms with Gasteiger partial charge in [0.1, 0.15) is 5.82 Å². The van der Waals surface area contributed by atoms with Gasteiger partial charge in [-0.2, -0.15) is 0 Å². The number of hydrogen-bond donors (Lipinski definition) is 0. The number of nitrogens with zero attached hydrogens (tertiary/aromatic N) is 3. The largest absolute Gasteiger partial charge is 0.369 e. The maximum atomic E-state index is 13.0. The Morgan fingerprint density at radius 2 is 1.68 bits per heavy atom. The van der Waals surface area contributed by atoms with E-state index < -0.39 is 0 Å². The Bertz CT molecular complexity index is 479. The highest BCUT2D eigenvalue weighted by atomic mass is 19.1. The average molecular weight is 307 g/mol. The van der Waals surface area contributed by atoms with Crippen LogP contribution in [0, 0.1) is 5.82 Å². The van der Waals surface area contributed by atoms with E-state index in [1.807, 2.05) is 37.8 Å². The summed E-state index contributed by atoms with van der Waals surface area (Å²) in [6.07, 6.45) is 0. The number of rotatable bonds is 5. The molecule has 4 nitrogen and oxygen atoms in total. The fourth-order valence-electron chi connectivity index (χ4n) is 2.98. The quantitative estimate of drug-likeness (QED) is 0.834. The van der Waals surface area contributed by atoms with Crippen LogP contribution < -0.4 is 4.90 Å². The average Bonchev–Trinajstić information content (AvgIpc) is 2.56. The summed E-state index contributed by atoms with van der Waals surface area (Å²) in [6.45, 7) is 11.0. The summed E-state index contributed by atoms with van der Waals surface area (Å²) in [5.74, 6) is 0.000981. The molecule has 22 heavy (non-hydrogen) atoms. The molecule has 0 radical (unpaired) electrons. The lowest BCUT2D eigenvalue weighted by Crippen LogP contribution is -2.54. The Morgan fingerprint density at radius 3 is 2.18 bits per heavy atom. The SMILES string of the molecule is CCN(CC)C(=O)C(C)N1CCN(c2ccc(F)cc2)CC1. The van der Waals surface area contributed by atoms with E-state index in [-0.39, 0.29) is 17.8 Å². The van der Waals surface area contributed by atoms with E-state index in [1.165, 1.54) is 12.1 Å². The number of piperazine rings is 1. The zero-order valence-corrected chi connectivity index (χ0v) is 13.8. The maximum absolute atomic E-state index is 13.0. The highest BCUT2D eigenvalue weighted by molar-refractivity contribution is 5.81. The van der Waals surface area contributed by atoms with Crippen LogP contribution in [0.5, 0.6) is 0 Å².